The minimum absolute atomic E-state index is 0.00127. The molecule has 2 rings (SSSR count). The smallest absolute Gasteiger partial charge is 0.242 e. The van der Waals surface area contributed by atoms with Crippen molar-refractivity contribution in [3.8, 4) is 0 Å². The number of hydrogen-bond donors (Lipinski definition) is 1. The van der Waals surface area contributed by atoms with E-state index in [4.69, 9.17) is 11.6 Å². The Labute approximate surface area is 177 Å². The minimum Gasteiger partial charge on any atom is -0.352 e. The quantitative estimate of drug-likeness (QED) is 0.677. The van der Waals surface area contributed by atoms with E-state index in [1.54, 1.807) is 13.0 Å². The molecule has 156 valence electrons. The fraction of sp³-hybridized carbons (Fsp3) is 0.391. The van der Waals surface area contributed by atoms with Crippen LogP contribution in [-0.4, -0.2) is 28.8 Å². The molecule has 0 saturated carbocycles. The van der Waals surface area contributed by atoms with Gasteiger partial charge in [0.25, 0.3) is 0 Å². The number of benzene rings is 2. The Balaban J connectivity index is 2.31. The van der Waals surface area contributed by atoms with Crippen LogP contribution in [0.4, 0.5) is 4.39 Å². The zero-order valence-corrected chi connectivity index (χ0v) is 18.1. The molecule has 2 amide bonds. The fourth-order valence-corrected chi connectivity index (χ4v) is 3.20. The van der Waals surface area contributed by atoms with Crippen LogP contribution in [0.5, 0.6) is 0 Å². The molecule has 0 aliphatic heterocycles. The van der Waals surface area contributed by atoms with Crippen molar-refractivity contribution in [3.63, 3.8) is 0 Å². The lowest BCUT2D eigenvalue weighted by molar-refractivity contribution is -0.140. The molecular weight excluding hydrogens is 391 g/mol. The van der Waals surface area contributed by atoms with Crippen LogP contribution in [0.15, 0.2) is 42.5 Å². The molecule has 2 aromatic carbocycles. The predicted molar refractivity (Wildman–Crippen MR) is 114 cm³/mol. The van der Waals surface area contributed by atoms with Gasteiger partial charge in [-0.05, 0) is 50.5 Å². The number of amides is 2. The number of aryl methyl sites for hydroxylation is 1. The maximum Gasteiger partial charge on any atom is 0.242 e. The Morgan fingerprint density at radius 3 is 2.45 bits per heavy atom. The third-order valence-corrected chi connectivity index (χ3v) is 5.51. The maximum atomic E-state index is 14.2. The van der Waals surface area contributed by atoms with E-state index < -0.39 is 11.9 Å². The van der Waals surface area contributed by atoms with Crippen LogP contribution in [0, 0.1) is 12.7 Å². The highest BCUT2D eigenvalue weighted by molar-refractivity contribution is 6.31. The van der Waals surface area contributed by atoms with Gasteiger partial charge in [-0.2, -0.15) is 0 Å². The minimum atomic E-state index is -0.707. The summed E-state index contributed by atoms with van der Waals surface area (Å²) in [5, 5.41) is 3.12. The summed E-state index contributed by atoms with van der Waals surface area (Å²) in [5.74, 6) is -1.12. The van der Waals surface area contributed by atoms with Gasteiger partial charge < -0.3 is 10.2 Å². The maximum absolute atomic E-state index is 14.2. The molecule has 0 saturated heterocycles. The third kappa shape index (κ3) is 6.04. The monoisotopic (exact) mass is 418 g/mol. The molecule has 2 unspecified atom stereocenters. The zero-order valence-electron chi connectivity index (χ0n) is 17.3. The Kier molecular flexibility index (Phi) is 8.21. The number of carbonyl (C=O) groups excluding carboxylic acids is 2. The summed E-state index contributed by atoms with van der Waals surface area (Å²) in [5.41, 5.74) is 2.09. The van der Waals surface area contributed by atoms with Crippen molar-refractivity contribution < 1.29 is 14.0 Å². The first-order valence-electron chi connectivity index (χ1n) is 9.81. The lowest BCUT2D eigenvalue weighted by Crippen LogP contribution is -2.50. The Morgan fingerprint density at radius 1 is 1.14 bits per heavy atom. The number of nitrogens with zero attached hydrogens (tertiary/aromatic N) is 1. The van der Waals surface area contributed by atoms with E-state index in [-0.39, 0.29) is 41.4 Å². The van der Waals surface area contributed by atoms with E-state index in [2.05, 4.69) is 5.32 Å². The largest absolute Gasteiger partial charge is 0.352 e. The number of hydrogen-bond acceptors (Lipinski definition) is 2. The van der Waals surface area contributed by atoms with E-state index >= 15 is 0 Å². The summed E-state index contributed by atoms with van der Waals surface area (Å²) in [7, 11) is 0. The Bertz CT molecular complexity index is 851. The molecule has 0 aliphatic carbocycles. The zero-order chi connectivity index (χ0) is 21.6. The van der Waals surface area contributed by atoms with Gasteiger partial charge in [0.1, 0.15) is 11.9 Å². The van der Waals surface area contributed by atoms with Crippen LogP contribution in [0.3, 0.4) is 0 Å². The molecule has 0 aromatic heterocycles. The number of rotatable bonds is 8. The van der Waals surface area contributed by atoms with E-state index in [1.807, 2.05) is 45.0 Å². The van der Waals surface area contributed by atoms with Gasteiger partial charge in [0.15, 0.2) is 0 Å². The van der Waals surface area contributed by atoms with Crippen molar-refractivity contribution in [2.75, 3.05) is 0 Å². The normalized spacial score (nSPS) is 12.9. The van der Waals surface area contributed by atoms with Crippen LogP contribution >= 0.6 is 11.6 Å². The molecule has 2 atom stereocenters. The molecule has 2 aromatic rings. The molecule has 4 nitrogen and oxygen atoms in total. The second-order valence-electron chi connectivity index (χ2n) is 7.32. The lowest BCUT2D eigenvalue weighted by Gasteiger charge is -2.30. The van der Waals surface area contributed by atoms with Crippen molar-refractivity contribution >= 4 is 23.4 Å². The Morgan fingerprint density at radius 2 is 1.83 bits per heavy atom. The van der Waals surface area contributed by atoms with Gasteiger partial charge in [-0.15, -0.1) is 0 Å². The molecule has 0 aliphatic rings. The topological polar surface area (TPSA) is 49.4 Å². The van der Waals surface area contributed by atoms with Crippen LogP contribution < -0.4 is 5.32 Å². The number of halogens is 2. The van der Waals surface area contributed by atoms with E-state index in [0.717, 1.165) is 17.5 Å². The summed E-state index contributed by atoms with van der Waals surface area (Å²) in [4.78, 5) is 27.4. The molecular formula is C23H28ClFN2O2. The molecule has 0 fully saturated rings. The summed E-state index contributed by atoms with van der Waals surface area (Å²) in [6.45, 7) is 7.79. The molecule has 0 bridgehead atoms. The van der Waals surface area contributed by atoms with Crippen molar-refractivity contribution in [2.45, 2.75) is 59.2 Å². The number of carbonyl (C=O) groups is 2. The highest BCUT2D eigenvalue weighted by Gasteiger charge is 2.28. The number of nitrogens with one attached hydrogen (secondary N) is 1. The standard InChI is InChI=1S/C23H28ClFN2O2/c1-5-16(3)26-23(29)17(4)27(14-18-10-7-6-9-15(18)2)22(28)13-19-20(24)11-8-12-21(19)25/h6-12,16-17H,5,13-14H2,1-4H3,(H,26,29). The Hall–Kier alpha value is -2.40. The van der Waals surface area contributed by atoms with E-state index in [1.165, 1.54) is 17.0 Å². The predicted octanol–water partition coefficient (Wildman–Crippen LogP) is 4.66. The second-order valence-corrected chi connectivity index (χ2v) is 7.73. The molecule has 0 radical (unpaired) electrons. The van der Waals surface area contributed by atoms with E-state index in [9.17, 15) is 14.0 Å². The van der Waals surface area contributed by atoms with Gasteiger partial charge in [0, 0.05) is 23.2 Å². The first kappa shape index (κ1) is 22.9. The molecule has 6 heteroatoms. The second kappa shape index (κ2) is 10.4. The summed E-state index contributed by atoms with van der Waals surface area (Å²) < 4.78 is 14.2. The summed E-state index contributed by atoms with van der Waals surface area (Å²) >= 11 is 6.10. The summed E-state index contributed by atoms with van der Waals surface area (Å²) in [6, 6.07) is 11.3. The van der Waals surface area contributed by atoms with Gasteiger partial charge in [-0.3, -0.25) is 9.59 Å². The molecule has 0 heterocycles. The molecule has 29 heavy (non-hydrogen) atoms. The first-order chi connectivity index (χ1) is 13.7. The van der Waals surface area contributed by atoms with Crippen molar-refractivity contribution in [2.24, 2.45) is 0 Å². The molecule has 0 spiro atoms. The molecule has 1 N–H and O–H groups in total. The fourth-order valence-electron chi connectivity index (χ4n) is 2.97. The van der Waals surface area contributed by atoms with E-state index in [0.29, 0.717) is 0 Å². The van der Waals surface area contributed by atoms with Gasteiger partial charge in [0.2, 0.25) is 11.8 Å². The van der Waals surface area contributed by atoms with Crippen LogP contribution in [-0.2, 0) is 22.6 Å². The van der Waals surface area contributed by atoms with Gasteiger partial charge in [-0.1, -0.05) is 48.9 Å². The first-order valence-corrected chi connectivity index (χ1v) is 10.2. The highest BCUT2D eigenvalue weighted by atomic mass is 35.5. The average Bonchev–Trinajstić information content (AvgIpc) is 2.69. The van der Waals surface area contributed by atoms with Crippen molar-refractivity contribution in [1.29, 1.82) is 0 Å². The lowest BCUT2D eigenvalue weighted by atomic mass is 10.1. The van der Waals surface area contributed by atoms with Gasteiger partial charge >= 0.3 is 0 Å². The van der Waals surface area contributed by atoms with Crippen molar-refractivity contribution in [1.82, 2.24) is 10.2 Å². The van der Waals surface area contributed by atoms with Crippen LogP contribution in [0.25, 0.3) is 0 Å². The highest BCUT2D eigenvalue weighted by Crippen LogP contribution is 2.22. The van der Waals surface area contributed by atoms with Crippen LogP contribution in [0.1, 0.15) is 43.9 Å². The third-order valence-electron chi connectivity index (χ3n) is 5.16. The SMILES string of the molecule is CCC(C)NC(=O)C(C)N(Cc1ccccc1C)C(=O)Cc1c(F)cccc1Cl. The summed E-state index contributed by atoms with van der Waals surface area (Å²) in [6.07, 6.45) is 0.577. The van der Waals surface area contributed by atoms with Gasteiger partial charge in [0.05, 0.1) is 6.42 Å². The van der Waals surface area contributed by atoms with Crippen molar-refractivity contribution in [3.05, 3.63) is 70.0 Å². The average molecular weight is 419 g/mol. The van der Waals surface area contributed by atoms with Crippen LogP contribution in [0.2, 0.25) is 5.02 Å². The van der Waals surface area contributed by atoms with Gasteiger partial charge in [-0.25, -0.2) is 4.39 Å².